The van der Waals surface area contributed by atoms with Crippen LogP contribution in [0.15, 0.2) is 261 Å². The van der Waals surface area contributed by atoms with Gasteiger partial charge in [-0.05, 0) is 108 Å². The zero-order valence-electron chi connectivity index (χ0n) is 36.2. The number of rotatable bonds is 10. The zero-order valence-corrected chi connectivity index (χ0v) is 36.2. The quantitative estimate of drug-likeness (QED) is 0.138. The minimum atomic E-state index is 0.596. The van der Waals surface area contributed by atoms with E-state index in [0.29, 0.717) is 17.5 Å². The van der Waals surface area contributed by atoms with Crippen LogP contribution in [0, 0.1) is 0 Å². The molecule has 0 amide bonds. The van der Waals surface area contributed by atoms with Gasteiger partial charge in [0.25, 0.3) is 0 Å². The second-order valence-electron chi connectivity index (χ2n) is 16.4. The Kier molecular flexibility index (Phi) is 11.0. The third kappa shape index (κ3) is 8.25. The van der Waals surface area contributed by atoms with Gasteiger partial charge in [0.15, 0.2) is 17.5 Å². The zero-order chi connectivity index (χ0) is 44.1. The molecule has 3 heteroatoms. The molecule has 1 heterocycles. The summed E-state index contributed by atoms with van der Waals surface area (Å²) < 4.78 is 0. The number of aromatic nitrogens is 3. The van der Waals surface area contributed by atoms with Crippen molar-refractivity contribution in [3.05, 3.63) is 261 Å². The fourth-order valence-electron chi connectivity index (χ4n) is 8.88. The van der Waals surface area contributed by atoms with Gasteiger partial charge >= 0.3 is 0 Å². The van der Waals surface area contributed by atoms with E-state index in [9.17, 15) is 0 Å². The second kappa shape index (κ2) is 18.1. The summed E-state index contributed by atoms with van der Waals surface area (Å²) in [5, 5.41) is 0. The van der Waals surface area contributed by atoms with Crippen molar-refractivity contribution in [2.45, 2.75) is 0 Å². The third-order valence-corrected chi connectivity index (χ3v) is 12.2. The molecule has 0 aliphatic rings. The highest BCUT2D eigenvalue weighted by Gasteiger charge is 2.19. The highest BCUT2D eigenvalue weighted by molar-refractivity contribution is 5.91. The molecule has 3 nitrogen and oxygen atoms in total. The molecule has 0 fully saturated rings. The molecule has 310 valence electrons. The average Bonchev–Trinajstić information content (AvgIpc) is 3.41. The molecule has 0 bridgehead atoms. The van der Waals surface area contributed by atoms with E-state index < -0.39 is 0 Å². The second-order valence-corrected chi connectivity index (χ2v) is 16.4. The Morgan fingerprint density at radius 1 is 0.152 bits per heavy atom. The lowest BCUT2D eigenvalue weighted by molar-refractivity contribution is 1.07. The van der Waals surface area contributed by atoms with Crippen LogP contribution < -0.4 is 0 Å². The summed E-state index contributed by atoms with van der Waals surface area (Å²) in [5.74, 6) is 1.82. The lowest BCUT2D eigenvalue weighted by atomic mass is 9.88. The largest absolute Gasteiger partial charge is 0.208 e. The van der Waals surface area contributed by atoms with Crippen LogP contribution in [-0.4, -0.2) is 15.0 Å². The summed E-state index contributed by atoms with van der Waals surface area (Å²) in [4.78, 5) is 15.8. The Morgan fingerprint density at radius 3 is 0.848 bits per heavy atom. The first-order valence-electron chi connectivity index (χ1n) is 22.3. The maximum absolute atomic E-state index is 5.37. The highest BCUT2D eigenvalue weighted by atomic mass is 15.0. The smallest absolute Gasteiger partial charge is 0.164 e. The standard InChI is InChI=1S/C63H43N3/c1-7-21-44(22-8-1)55-33-19-20-34-58(55)63-65-61(49-31-17-6-18-32-49)64-62(66-63)54-40-52(50-35-37-56(45-23-9-2-10-24-45)59(42-50)47-27-13-4-14-28-47)39-53(41-54)51-36-38-57(46-25-11-3-12-26-46)60(43-51)48-29-15-5-16-30-48/h1-43H. The van der Waals surface area contributed by atoms with Gasteiger partial charge < -0.3 is 0 Å². The van der Waals surface area contributed by atoms with Crippen LogP contribution in [0.2, 0.25) is 0 Å². The maximum Gasteiger partial charge on any atom is 0.164 e. The Labute approximate surface area is 386 Å². The van der Waals surface area contributed by atoms with Gasteiger partial charge in [-0.25, -0.2) is 15.0 Å². The van der Waals surface area contributed by atoms with Gasteiger partial charge in [-0.3, -0.25) is 0 Å². The van der Waals surface area contributed by atoms with Gasteiger partial charge in [0.05, 0.1) is 0 Å². The van der Waals surface area contributed by atoms with E-state index in [1.807, 2.05) is 24.3 Å². The minimum Gasteiger partial charge on any atom is -0.208 e. The number of hydrogen-bond donors (Lipinski definition) is 0. The van der Waals surface area contributed by atoms with Crippen LogP contribution in [0.1, 0.15) is 0 Å². The Bertz CT molecular complexity index is 3280. The molecule has 66 heavy (non-hydrogen) atoms. The molecule has 10 aromatic carbocycles. The topological polar surface area (TPSA) is 38.7 Å². The Hall–Kier alpha value is -8.79. The first kappa shape index (κ1) is 40.0. The van der Waals surface area contributed by atoms with E-state index in [2.05, 4.69) is 237 Å². The lowest BCUT2D eigenvalue weighted by Gasteiger charge is -2.17. The van der Waals surface area contributed by atoms with Gasteiger partial charge in [0, 0.05) is 16.7 Å². The fraction of sp³-hybridized carbons (Fsp3) is 0. The van der Waals surface area contributed by atoms with Crippen molar-refractivity contribution >= 4 is 0 Å². The van der Waals surface area contributed by atoms with Gasteiger partial charge in [0.2, 0.25) is 0 Å². The van der Waals surface area contributed by atoms with Gasteiger partial charge in [-0.1, -0.05) is 231 Å². The molecule has 0 spiro atoms. The number of hydrogen-bond acceptors (Lipinski definition) is 3. The van der Waals surface area contributed by atoms with E-state index in [4.69, 9.17) is 15.0 Å². The van der Waals surface area contributed by atoms with Crippen LogP contribution in [-0.2, 0) is 0 Å². The summed E-state index contributed by atoms with van der Waals surface area (Å²) in [6.45, 7) is 0. The summed E-state index contributed by atoms with van der Waals surface area (Å²) in [7, 11) is 0. The Morgan fingerprint density at radius 2 is 0.439 bits per heavy atom. The third-order valence-electron chi connectivity index (χ3n) is 12.2. The van der Waals surface area contributed by atoms with Gasteiger partial charge in [-0.2, -0.15) is 0 Å². The molecule has 0 atom stereocenters. The average molecular weight is 842 g/mol. The molecule has 11 aromatic rings. The van der Waals surface area contributed by atoms with E-state index in [1.165, 1.54) is 22.3 Å². The van der Waals surface area contributed by atoms with Crippen LogP contribution in [0.4, 0.5) is 0 Å². The fourth-order valence-corrected chi connectivity index (χ4v) is 8.88. The number of benzene rings is 10. The summed E-state index contributed by atoms with van der Waals surface area (Å²) in [6.07, 6.45) is 0. The molecule has 0 aliphatic heterocycles. The number of nitrogens with zero attached hydrogens (tertiary/aromatic N) is 3. The lowest BCUT2D eigenvalue weighted by Crippen LogP contribution is -2.01. The summed E-state index contributed by atoms with van der Waals surface area (Å²) >= 11 is 0. The minimum absolute atomic E-state index is 0.596. The molecule has 0 radical (unpaired) electrons. The molecule has 0 N–H and O–H groups in total. The Balaban J connectivity index is 1.15. The predicted molar refractivity (Wildman–Crippen MR) is 274 cm³/mol. The first-order valence-corrected chi connectivity index (χ1v) is 22.3. The predicted octanol–water partition coefficient (Wildman–Crippen LogP) is 16.5. The van der Waals surface area contributed by atoms with Crippen LogP contribution in [0.3, 0.4) is 0 Å². The van der Waals surface area contributed by atoms with E-state index in [-0.39, 0.29) is 0 Å². The van der Waals surface area contributed by atoms with Gasteiger partial charge in [0.1, 0.15) is 0 Å². The van der Waals surface area contributed by atoms with Crippen molar-refractivity contribution in [1.29, 1.82) is 0 Å². The molecular weight excluding hydrogens is 799 g/mol. The first-order chi connectivity index (χ1) is 32.7. The van der Waals surface area contributed by atoms with Crippen molar-refractivity contribution in [2.24, 2.45) is 0 Å². The summed E-state index contributed by atoms with van der Waals surface area (Å²) in [5.41, 5.74) is 18.5. The molecule has 11 rings (SSSR count). The van der Waals surface area contributed by atoms with Crippen LogP contribution in [0.25, 0.3) is 112 Å². The molecule has 0 unspecified atom stereocenters. The summed E-state index contributed by atoms with van der Waals surface area (Å²) in [6, 6.07) is 92.1. The maximum atomic E-state index is 5.37. The molecule has 0 saturated heterocycles. The van der Waals surface area contributed by atoms with Crippen LogP contribution in [0.5, 0.6) is 0 Å². The molecule has 0 aliphatic carbocycles. The van der Waals surface area contributed by atoms with Crippen molar-refractivity contribution in [3.63, 3.8) is 0 Å². The SMILES string of the molecule is c1ccc(-c2nc(-c3cc(-c4ccc(-c5ccccc5)c(-c5ccccc5)c4)cc(-c4ccc(-c5ccccc5)c(-c5ccccc5)c4)c3)nc(-c3ccccc3-c3ccccc3)n2)cc1. The normalized spacial score (nSPS) is 11.0. The molecule has 1 aromatic heterocycles. The monoisotopic (exact) mass is 841 g/mol. The highest BCUT2D eigenvalue weighted by Crippen LogP contribution is 2.41. The van der Waals surface area contributed by atoms with E-state index in [0.717, 1.165) is 72.3 Å². The van der Waals surface area contributed by atoms with E-state index >= 15 is 0 Å². The van der Waals surface area contributed by atoms with Crippen molar-refractivity contribution in [2.75, 3.05) is 0 Å². The van der Waals surface area contributed by atoms with Crippen LogP contribution >= 0.6 is 0 Å². The molecule has 0 saturated carbocycles. The van der Waals surface area contributed by atoms with Crippen molar-refractivity contribution in [1.82, 2.24) is 15.0 Å². The van der Waals surface area contributed by atoms with Crippen molar-refractivity contribution in [3.8, 4) is 112 Å². The van der Waals surface area contributed by atoms with Crippen molar-refractivity contribution < 1.29 is 0 Å². The van der Waals surface area contributed by atoms with E-state index in [1.54, 1.807) is 0 Å². The molecular formula is C63H43N3. The van der Waals surface area contributed by atoms with Gasteiger partial charge in [-0.15, -0.1) is 0 Å².